The maximum Gasteiger partial charge on any atom is 0.295 e. The third-order valence-electron chi connectivity index (χ3n) is 4.77. The van der Waals surface area contributed by atoms with Gasteiger partial charge < -0.3 is 19.5 Å². The number of aliphatic hydroxyl groups excluding tert-OH is 1. The number of amides is 1. The Balaban J connectivity index is 2.07. The summed E-state index contributed by atoms with van der Waals surface area (Å²) >= 11 is 0. The molecular weight excluding hydrogens is 358 g/mol. The van der Waals surface area contributed by atoms with Gasteiger partial charge in [-0.05, 0) is 36.2 Å². The smallest absolute Gasteiger partial charge is 0.295 e. The van der Waals surface area contributed by atoms with Gasteiger partial charge in [0.05, 0.1) is 18.7 Å². The van der Waals surface area contributed by atoms with Crippen LogP contribution in [0.3, 0.4) is 0 Å². The quantitative estimate of drug-likeness (QED) is 0.345. The highest BCUT2D eigenvalue weighted by molar-refractivity contribution is 6.46. The van der Waals surface area contributed by atoms with E-state index in [-0.39, 0.29) is 11.3 Å². The molecule has 0 saturated carbocycles. The standard InChI is InChI=1S/C22H23NO5/c1-27-14-6-13-23-19(15-7-4-3-5-8-15)18(21(25)22(23)26)20(24)16-9-11-17(28-2)12-10-16/h3-5,7-12,19,24H,6,13-14H2,1-2H3/b20-18+/t19-/m0/s1. The van der Waals surface area contributed by atoms with Gasteiger partial charge in [0.25, 0.3) is 11.7 Å². The van der Waals surface area contributed by atoms with Gasteiger partial charge in [-0.3, -0.25) is 9.59 Å². The predicted molar refractivity (Wildman–Crippen MR) is 105 cm³/mol. The van der Waals surface area contributed by atoms with E-state index >= 15 is 0 Å². The maximum absolute atomic E-state index is 12.8. The highest BCUT2D eigenvalue weighted by Gasteiger charge is 2.45. The highest BCUT2D eigenvalue weighted by atomic mass is 16.5. The average molecular weight is 381 g/mol. The zero-order valence-electron chi connectivity index (χ0n) is 15.9. The summed E-state index contributed by atoms with van der Waals surface area (Å²) in [6.45, 7) is 0.834. The lowest BCUT2D eigenvalue weighted by atomic mass is 9.95. The molecule has 0 unspecified atom stereocenters. The number of carbonyl (C=O) groups excluding carboxylic acids is 2. The summed E-state index contributed by atoms with van der Waals surface area (Å²) in [5.74, 6) is -0.847. The average Bonchev–Trinajstić information content (AvgIpc) is 2.99. The molecule has 1 heterocycles. The van der Waals surface area contributed by atoms with E-state index in [1.165, 1.54) is 4.90 Å². The molecule has 0 spiro atoms. The molecule has 2 aromatic rings. The van der Waals surface area contributed by atoms with Crippen molar-refractivity contribution in [3.05, 3.63) is 71.3 Å². The fourth-order valence-corrected chi connectivity index (χ4v) is 3.38. The number of methoxy groups -OCH3 is 2. The minimum atomic E-state index is -0.681. The van der Waals surface area contributed by atoms with E-state index in [9.17, 15) is 14.7 Å². The van der Waals surface area contributed by atoms with Gasteiger partial charge in [0.15, 0.2) is 0 Å². The molecule has 6 nitrogen and oxygen atoms in total. The molecule has 1 aliphatic rings. The summed E-state index contributed by atoms with van der Waals surface area (Å²) in [7, 11) is 3.14. The van der Waals surface area contributed by atoms with E-state index < -0.39 is 17.7 Å². The number of rotatable bonds is 7. The van der Waals surface area contributed by atoms with E-state index in [2.05, 4.69) is 0 Å². The Bertz CT molecular complexity index is 874. The third-order valence-corrected chi connectivity index (χ3v) is 4.77. The molecule has 1 atom stereocenters. The second-order valence-corrected chi connectivity index (χ2v) is 6.48. The van der Waals surface area contributed by atoms with Crippen molar-refractivity contribution < 1.29 is 24.2 Å². The van der Waals surface area contributed by atoms with Crippen LogP contribution in [0.4, 0.5) is 0 Å². The molecule has 6 heteroatoms. The number of Topliss-reactive ketones (excluding diaryl/α,β-unsaturated/α-hetero) is 1. The van der Waals surface area contributed by atoms with Crippen LogP contribution in [0.1, 0.15) is 23.6 Å². The summed E-state index contributed by atoms with van der Waals surface area (Å²) < 4.78 is 10.2. The molecule has 1 fully saturated rings. The SMILES string of the molecule is COCCCN1C(=O)C(=O)/C(=C(/O)c2ccc(OC)cc2)[C@@H]1c1ccccc1. The zero-order chi connectivity index (χ0) is 20.1. The van der Waals surface area contributed by atoms with E-state index in [1.54, 1.807) is 38.5 Å². The number of ether oxygens (including phenoxy) is 2. The van der Waals surface area contributed by atoms with Crippen molar-refractivity contribution in [3.63, 3.8) is 0 Å². The van der Waals surface area contributed by atoms with Gasteiger partial charge in [0, 0.05) is 25.8 Å². The molecule has 0 bridgehead atoms. The summed E-state index contributed by atoms with van der Waals surface area (Å²) in [4.78, 5) is 27.0. The molecule has 0 aromatic heterocycles. The number of carbonyl (C=O) groups is 2. The molecule has 1 saturated heterocycles. The van der Waals surface area contributed by atoms with Crippen molar-refractivity contribution >= 4 is 17.4 Å². The first-order valence-corrected chi connectivity index (χ1v) is 9.05. The molecule has 1 aliphatic heterocycles. The van der Waals surface area contributed by atoms with Crippen LogP contribution in [0.15, 0.2) is 60.2 Å². The normalized spacial score (nSPS) is 18.5. The van der Waals surface area contributed by atoms with Gasteiger partial charge in [-0.1, -0.05) is 30.3 Å². The summed E-state index contributed by atoms with van der Waals surface area (Å²) in [5.41, 5.74) is 1.32. The van der Waals surface area contributed by atoms with Gasteiger partial charge >= 0.3 is 0 Å². The third kappa shape index (κ3) is 3.77. The minimum Gasteiger partial charge on any atom is -0.507 e. The number of nitrogens with zero attached hydrogens (tertiary/aromatic N) is 1. The van der Waals surface area contributed by atoms with E-state index in [1.807, 2.05) is 30.3 Å². The molecular formula is C22H23NO5. The van der Waals surface area contributed by atoms with Crippen molar-refractivity contribution in [3.8, 4) is 5.75 Å². The van der Waals surface area contributed by atoms with Gasteiger partial charge in [0.2, 0.25) is 0 Å². The molecule has 2 aromatic carbocycles. The minimum absolute atomic E-state index is 0.0961. The lowest BCUT2D eigenvalue weighted by molar-refractivity contribution is -0.140. The van der Waals surface area contributed by atoms with Crippen molar-refractivity contribution in [1.29, 1.82) is 0 Å². The topological polar surface area (TPSA) is 76.1 Å². The van der Waals surface area contributed by atoms with Crippen LogP contribution < -0.4 is 4.74 Å². The van der Waals surface area contributed by atoms with Crippen LogP contribution in [0, 0.1) is 0 Å². The van der Waals surface area contributed by atoms with Crippen molar-refractivity contribution in [2.45, 2.75) is 12.5 Å². The van der Waals surface area contributed by atoms with Crippen LogP contribution >= 0.6 is 0 Å². The number of hydrogen-bond acceptors (Lipinski definition) is 5. The fourth-order valence-electron chi connectivity index (χ4n) is 3.38. The van der Waals surface area contributed by atoms with E-state index in [4.69, 9.17) is 9.47 Å². The highest BCUT2D eigenvalue weighted by Crippen LogP contribution is 2.39. The number of hydrogen-bond donors (Lipinski definition) is 1. The first kappa shape index (κ1) is 19.6. The Labute approximate surface area is 164 Å². The van der Waals surface area contributed by atoms with Gasteiger partial charge in [-0.15, -0.1) is 0 Å². The summed E-state index contributed by atoms with van der Waals surface area (Å²) in [6.07, 6.45) is 0.593. The Hall–Kier alpha value is -3.12. The van der Waals surface area contributed by atoms with Crippen LogP contribution in [0.5, 0.6) is 5.75 Å². The van der Waals surface area contributed by atoms with Crippen LogP contribution in [0.25, 0.3) is 5.76 Å². The molecule has 1 N–H and O–H groups in total. The Kier molecular flexibility index (Phi) is 6.11. The molecule has 0 aliphatic carbocycles. The fraction of sp³-hybridized carbons (Fsp3) is 0.273. The van der Waals surface area contributed by atoms with Crippen LogP contribution in [0.2, 0.25) is 0 Å². The van der Waals surface area contributed by atoms with E-state index in [0.717, 1.165) is 5.56 Å². The first-order valence-electron chi connectivity index (χ1n) is 9.05. The molecule has 28 heavy (non-hydrogen) atoms. The van der Waals surface area contributed by atoms with Gasteiger partial charge in [-0.2, -0.15) is 0 Å². The van der Waals surface area contributed by atoms with Crippen molar-refractivity contribution in [1.82, 2.24) is 4.90 Å². The molecule has 1 amide bonds. The second-order valence-electron chi connectivity index (χ2n) is 6.48. The van der Waals surface area contributed by atoms with Gasteiger partial charge in [-0.25, -0.2) is 0 Å². The monoisotopic (exact) mass is 381 g/mol. The zero-order valence-corrected chi connectivity index (χ0v) is 15.9. The molecule has 3 rings (SSSR count). The Morgan fingerprint density at radius 3 is 2.32 bits per heavy atom. The number of ketones is 1. The summed E-state index contributed by atoms with van der Waals surface area (Å²) in [5, 5.41) is 10.9. The summed E-state index contributed by atoms with van der Waals surface area (Å²) in [6, 6.07) is 15.3. The number of aliphatic hydroxyl groups is 1. The van der Waals surface area contributed by atoms with Crippen molar-refractivity contribution in [2.75, 3.05) is 27.4 Å². The number of likely N-dealkylation sites (tertiary alicyclic amines) is 1. The Morgan fingerprint density at radius 2 is 1.71 bits per heavy atom. The van der Waals surface area contributed by atoms with Gasteiger partial charge in [0.1, 0.15) is 11.5 Å². The number of benzene rings is 2. The lowest BCUT2D eigenvalue weighted by Crippen LogP contribution is -2.31. The lowest BCUT2D eigenvalue weighted by Gasteiger charge is -2.25. The van der Waals surface area contributed by atoms with Crippen LogP contribution in [-0.2, 0) is 14.3 Å². The predicted octanol–water partition coefficient (Wildman–Crippen LogP) is 3.15. The second kappa shape index (κ2) is 8.71. The maximum atomic E-state index is 12.8. The Morgan fingerprint density at radius 1 is 1.04 bits per heavy atom. The molecule has 146 valence electrons. The van der Waals surface area contributed by atoms with E-state index in [0.29, 0.717) is 30.9 Å². The molecule has 0 radical (unpaired) electrons. The van der Waals surface area contributed by atoms with Crippen LogP contribution in [-0.4, -0.2) is 49.1 Å². The largest absolute Gasteiger partial charge is 0.507 e. The van der Waals surface area contributed by atoms with Crippen molar-refractivity contribution in [2.24, 2.45) is 0 Å². The first-order chi connectivity index (χ1) is 13.6.